The molecule has 2 aliphatic rings. The molecule has 1 aliphatic heterocycles. The lowest BCUT2D eigenvalue weighted by molar-refractivity contribution is -0.117. The minimum atomic E-state index is -0.395. The molecule has 2 heterocycles. The minimum absolute atomic E-state index is 0.000972. The van der Waals surface area contributed by atoms with Crippen LogP contribution >= 0.6 is 0 Å². The van der Waals surface area contributed by atoms with E-state index in [1.807, 2.05) is 17.0 Å². The second-order valence-corrected chi connectivity index (χ2v) is 7.91. The monoisotopic (exact) mass is 396 g/mol. The molecule has 0 radical (unpaired) electrons. The topological polar surface area (TPSA) is 74.3 Å². The van der Waals surface area contributed by atoms with Crippen LogP contribution in [0.3, 0.4) is 0 Å². The molecule has 152 valence electrons. The summed E-state index contributed by atoms with van der Waals surface area (Å²) < 4.78 is 13.3. The zero-order valence-corrected chi connectivity index (χ0v) is 16.8. The summed E-state index contributed by atoms with van der Waals surface area (Å²) in [5, 5.41) is 6.07. The molecule has 2 N–H and O–H groups in total. The number of rotatable bonds is 4. The Balaban J connectivity index is 1.82. The van der Waals surface area contributed by atoms with E-state index in [2.05, 4.69) is 22.5 Å². The van der Waals surface area contributed by atoms with E-state index in [0.29, 0.717) is 17.3 Å². The molecule has 6 nitrogen and oxygen atoms in total. The zero-order chi connectivity index (χ0) is 20.7. The third-order valence-electron chi connectivity index (χ3n) is 5.95. The number of carbonyl (C=O) groups excluding carboxylic acids is 2. The molecule has 1 aliphatic carbocycles. The number of benzene rings is 1. The van der Waals surface area contributed by atoms with Crippen LogP contribution in [0.25, 0.3) is 0 Å². The van der Waals surface area contributed by atoms with Gasteiger partial charge in [0.1, 0.15) is 11.6 Å². The van der Waals surface area contributed by atoms with Gasteiger partial charge in [-0.3, -0.25) is 9.59 Å². The molecule has 2 amide bonds. The first-order valence-corrected chi connectivity index (χ1v) is 9.94. The molecule has 1 aromatic carbocycles. The molecule has 0 bridgehead atoms. The predicted molar refractivity (Wildman–Crippen MR) is 109 cm³/mol. The van der Waals surface area contributed by atoms with Gasteiger partial charge < -0.3 is 15.5 Å². The maximum atomic E-state index is 13.3. The van der Waals surface area contributed by atoms with Crippen LogP contribution in [-0.4, -0.2) is 29.9 Å². The number of carbonyl (C=O) groups is 2. The molecule has 0 spiro atoms. The Bertz CT molecular complexity index is 942. The summed E-state index contributed by atoms with van der Waals surface area (Å²) in [5.74, 6) is 0.536. The normalized spacial score (nSPS) is 23.3. The SMILES string of the molecule is CNC(=O)c1ccc2c(c1)C(Nc1ccc(F)cn1)[C@@H](C)[C@H](C1CC1)N2C(C)=O. The standard InChI is InChI=1S/C22H25FN4O2/c1-12-20(26-19-9-7-16(23)11-25-19)17-10-15(22(29)24-3)6-8-18(17)27(13(2)28)21(12)14-4-5-14/h6-12,14,20-21H,4-5H2,1-3H3,(H,24,29)(H,25,26)/t12-,20?,21-/m1/s1. The summed E-state index contributed by atoms with van der Waals surface area (Å²) in [4.78, 5) is 30.9. The van der Waals surface area contributed by atoms with E-state index >= 15 is 0 Å². The summed E-state index contributed by atoms with van der Waals surface area (Å²) in [6.07, 6.45) is 3.38. The van der Waals surface area contributed by atoms with Crippen molar-refractivity contribution < 1.29 is 14.0 Å². The number of fused-ring (bicyclic) bond motifs is 1. The maximum Gasteiger partial charge on any atom is 0.251 e. The van der Waals surface area contributed by atoms with E-state index in [0.717, 1.165) is 24.1 Å². The van der Waals surface area contributed by atoms with E-state index in [1.165, 1.54) is 12.3 Å². The van der Waals surface area contributed by atoms with Gasteiger partial charge in [-0.15, -0.1) is 0 Å². The minimum Gasteiger partial charge on any atom is -0.363 e. The lowest BCUT2D eigenvalue weighted by Crippen LogP contribution is -2.51. The van der Waals surface area contributed by atoms with Crippen molar-refractivity contribution in [1.82, 2.24) is 10.3 Å². The Morgan fingerprint density at radius 3 is 2.55 bits per heavy atom. The third kappa shape index (κ3) is 3.57. The van der Waals surface area contributed by atoms with Crippen molar-refractivity contribution in [3.05, 3.63) is 53.5 Å². The van der Waals surface area contributed by atoms with Crippen LogP contribution < -0.4 is 15.5 Å². The van der Waals surface area contributed by atoms with Gasteiger partial charge in [0.05, 0.1) is 12.2 Å². The summed E-state index contributed by atoms with van der Waals surface area (Å²) >= 11 is 0. The molecule has 1 fully saturated rings. The highest BCUT2D eigenvalue weighted by molar-refractivity contribution is 5.98. The van der Waals surface area contributed by atoms with Gasteiger partial charge >= 0.3 is 0 Å². The van der Waals surface area contributed by atoms with Gasteiger partial charge in [0.15, 0.2) is 0 Å². The number of aromatic nitrogens is 1. The molecule has 0 saturated heterocycles. The van der Waals surface area contributed by atoms with Crippen molar-refractivity contribution in [2.24, 2.45) is 11.8 Å². The molecular weight excluding hydrogens is 371 g/mol. The van der Waals surface area contributed by atoms with Crippen LogP contribution in [0.1, 0.15) is 48.7 Å². The van der Waals surface area contributed by atoms with Crippen molar-refractivity contribution in [3.63, 3.8) is 0 Å². The lowest BCUT2D eigenvalue weighted by Gasteiger charge is -2.46. The molecule has 4 rings (SSSR count). The highest BCUT2D eigenvalue weighted by Gasteiger charge is 2.47. The van der Waals surface area contributed by atoms with Gasteiger partial charge in [0.25, 0.3) is 5.91 Å². The van der Waals surface area contributed by atoms with Gasteiger partial charge in [0.2, 0.25) is 5.91 Å². The van der Waals surface area contributed by atoms with Gasteiger partial charge in [-0.25, -0.2) is 9.37 Å². The quantitative estimate of drug-likeness (QED) is 0.829. The van der Waals surface area contributed by atoms with Crippen LogP contribution in [0.2, 0.25) is 0 Å². The molecule has 3 atom stereocenters. The Morgan fingerprint density at radius 2 is 1.97 bits per heavy atom. The molecule has 2 aromatic rings. The average Bonchev–Trinajstić information content (AvgIpc) is 3.54. The fourth-order valence-corrected chi connectivity index (χ4v) is 4.47. The van der Waals surface area contributed by atoms with E-state index in [4.69, 9.17) is 0 Å². The molecule has 1 aromatic heterocycles. The van der Waals surface area contributed by atoms with Gasteiger partial charge in [-0.05, 0) is 54.7 Å². The van der Waals surface area contributed by atoms with E-state index in [9.17, 15) is 14.0 Å². The number of amides is 2. The lowest BCUT2D eigenvalue weighted by atomic mass is 9.79. The fraction of sp³-hybridized carbons (Fsp3) is 0.409. The van der Waals surface area contributed by atoms with Crippen molar-refractivity contribution in [2.45, 2.75) is 38.8 Å². The first-order valence-electron chi connectivity index (χ1n) is 9.94. The second kappa shape index (κ2) is 7.46. The maximum absolute atomic E-state index is 13.3. The molecular formula is C22H25FN4O2. The van der Waals surface area contributed by atoms with Crippen LogP contribution in [0.15, 0.2) is 36.5 Å². The molecule has 1 unspecified atom stereocenters. The Morgan fingerprint density at radius 1 is 1.21 bits per heavy atom. The molecule has 29 heavy (non-hydrogen) atoms. The van der Waals surface area contributed by atoms with Crippen molar-refractivity contribution in [2.75, 3.05) is 17.3 Å². The Kier molecular flexibility index (Phi) is 4.98. The number of pyridine rings is 1. The average molecular weight is 396 g/mol. The second-order valence-electron chi connectivity index (χ2n) is 7.91. The first-order chi connectivity index (χ1) is 13.9. The van der Waals surface area contributed by atoms with Gasteiger partial charge in [-0.1, -0.05) is 6.92 Å². The molecule has 7 heteroatoms. The summed E-state index contributed by atoms with van der Waals surface area (Å²) in [6.45, 7) is 3.71. The molecule has 1 saturated carbocycles. The Labute approximate surface area is 169 Å². The number of nitrogens with one attached hydrogen (secondary N) is 2. The van der Waals surface area contributed by atoms with Crippen molar-refractivity contribution in [1.29, 1.82) is 0 Å². The highest BCUT2D eigenvalue weighted by atomic mass is 19.1. The van der Waals surface area contributed by atoms with Gasteiger partial charge in [-0.2, -0.15) is 0 Å². The third-order valence-corrected chi connectivity index (χ3v) is 5.95. The van der Waals surface area contributed by atoms with Crippen LogP contribution in [-0.2, 0) is 4.79 Å². The van der Waals surface area contributed by atoms with Gasteiger partial charge in [0, 0.05) is 37.2 Å². The predicted octanol–water partition coefficient (Wildman–Crippen LogP) is 3.51. The van der Waals surface area contributed by atoms with Crippen molar-refractivity contribution >= 4 is 23.3 Å². The summed E-state index contributed by atoms with van der Waals surface area (Å²) in [7, 11) is 1.59. The van der Waals surface area contributed by atoms with E-state index in [1.54, 1.807) is 26.1 Å². The number of nitrogens with zero attached hydrogens (tertiary/aromatic N) is 2. The van der Waals surface area contributed by atoms with Crippen LogP contribution in [0.4, 0.5) is 15.9 Å². The number of hydrogen-bond acceptors (Lipinski definition) is 4. The van der Waals surface area contributed by atoms with Crippen LogP contribution in [0.5, 0.6) is 0 Å². The van der Waals surface area contributed by atoms with E-state index < -0.39 is 5.82 Å². The van der Waals surface area contributed by atoms with Crippen molar-refractivity contribution in [3.8, 4) is 0 Å². The number of anilines is 2. The highest BCUT2D eigenvalue weighted by Crippen LogP contribution is 2.50. The summed E-state index contributed by atoms with van der Waals surface area (Å²) in [5.41, 5.74) is 2.22. The first kappa shape index (κ1) is 19.4. The largest absolute Gasteiger partial charge is 0.363 e. The smallest absolute Gasteiger partial charge is 0.251 e. The van der Waals surface area contributed by atoms with E-state index in [-0.39, 0.29) is 29.8 Å². The number of halogens is 1. The fourth-order valence-electron chi connectivity index (χ4n) is 4.47. The zero-order valence-electron chi connectivity index (χ0n) is 16.8. The Hall–Kier alpha value is -2.96. The number of hydrogen-bond donors (Lipinski definition) is 2. The summed E-state index contributed by atoms with van der Waals surface area (Å²) in [6, 6.07) is 8.33. The van der Waals surface area contributed by atoms with Crippen LogP contribution in [0, 0.1) is 17.7 Å².